The Morgan fingerprint density at radius 2 is 0.931 bits per heavy atom. The summed E-state index contributed by atoms with van der Waals surface area (Å²) in [6.45, 7) is 3.94. The third-order valence-electron chi connectivity index (χ3n) is 5.27. The second-order valence-electron chi connectivity index (χ2n) is 8.10. The van der Waals surface area contributed by atoms with Gasteiger partial charge in [-0.2, -0.15) is 0 Å². The smallest absolute Gasteiger partial charge is 0.330 e. The maximum absolute atomic E-state index is 10.9. The molecule has 0 atom stereocenters. The average molecular weight is 760 g/mol. The van der Waals surface area contributed by atoms with Gasteiger partial charge >= 0.3 is 5.97 Å². The van der Waals surface area contributed by atoms with Crippen LogP contribution in [-0.2, 0) is 9.53 Å². The molecular formula is C23H43I3O2Si. The van der Waals surface area contributed by atoms with Crippen LogP contribution < -0.4 is 0 Å². The van der Waals surface area contributed by atoms with Crippen molar-refractivity contribution in [3.8, 4) is 0 Å². The molecule has 0 fully saturated rings. The molecule has 0 aliphatic heterocycles. The first kappa shape index (κ1) is 30.6. The largest absolute Gasteiger partial charge is 0.463 e. The van der Waals surface area contributed by atoms with Gasteiger partial charge in [0.15, 0.2) is 0 Å². The summed E-state index contributed by atoms with van der Waals surface area (Å²) in [4.78, 5) is 10.9. The highest BCUT2D eigenvalue weighted by molar-refractivity contribution is 14.4. The lowest BCUT2D eigenvalue weighted by Crippen LogP contribution is -2.03. The molecule has 6 heteroatoms. The van der Waals surface area contributed by atoms with Crippen molar-refractivity contribution >= 4 is 71.9 Å². The Kier molecular flexibility index (Phi) is 24.1. The highest BCUT2D eigenvalue weighted by atomic mass is 127. The SMILES string of the molecule is C=CC(=O)OCCCCCCCCCCCCCCCCCCCC[Si](I)(I)I. The van der Waals surface area contributed by atoms with Gasteiger partial charge in [0.2, 0.25) is 0 Å². The van der Waals surface area contributed by atoms with E-state index in [0.717, 1.165) is 6.42 Å². The summed E-state index contributed by atoms with van der Waals surface area (Å²) in [6.07, 6.45) is 26.1. The molecule has 172 valence electrons. The molecule has 0 saturated heterocycles. The van der Waals surface area contributed by atoms with Crippen molar-refractivity contribution in [2.24, 2.45) is 0 Å². The number of halogens is 3. The zero-order valence-electron chi connectivity index (χ0n) is 18.4. The maximum atomic E-state index is 10.9. The summed E-state index contributed by atoms with van der Waals surface area (Å²) in [6, 6.07) is 1.48. The van der Waals surface area contributed by atoms with Gasteiger partial charge in [-0.15, -0.1) is 0 Å². The second-order valence-corrected chi connectivity index (χ2v) is 45.0. The van der Waals surface area contributed by atoms with Gasteiger partial charge in [-0.25, -0.2) is 4.79 Å². The van der Waals surface area contributed by atoms with Crippen LogP contribution in [0.2, 0.25) is 6.04 Å². The minimum absolute atomic E-state index is 0.299. The van der Waals surface area contributed by atoms with Crippen molar-refractivity contribution in [1.82, 2.24) is 0 Å². The third-order valence-corrected chi connectivity index (χ3v) is 11.0. The van der Waals surface area contributed by atoms with Gasteiger partial charge < -0.3 is 4.74 Å². The molecule has 0 aliphatic carbocycles. The summed E-state index contributed by atoms with van der Waals surface area (Å²) in [7, 11) is 0. The lowest BCUT2D eigenvalue weighted by atomic mass is 10.0. The Balaban J connectivity index is 3.07. The fourth-order valence-corrected chi connectivity index (χ4v) is 7.57. The van der Waals surface area contributed by atoms with Crippen molar-refractivity contribution in [1.29, 1.82) is 0 Å². The summed E-state index contributed by atoms with van der Waals surface area (Å²) >= 11 is 8.05. The molecule has 0 bridgehead atoms. The normalized spacial score (nSPS) is 11.6. The first-order chi connectivity index (χ1) is 14.0. The van der Waals surface area contributed by atoms with Crippen molar-refractivity contribution in [3.05, 3.63) is 12.7 Å². The Morgan fingerprint density at radius 1 is 0.621 bits per heavy atom. The minimum Gasteiger partial charge on any atom is -0.463 e. The van der Waals surface area contributed by atoms with E-state index in [1.54, 1.807) is 0 Å². The van der Waals surface area contributed by atoms with Gasteiger partial charge in [0, 0.05) is 6.08 Å². The van der Waals surface area contributed by atoms with Gasteiger partial charge in [-0.3, -0.25) is 0 Å². The van der Waals surface area contributed by atoms with Crippen molar-refractivity contribution in [2.75, 3.05) is 6.61 Å². The molecular weight excluding hydrogens is 717 g/mol. The number of ether oxygens (including phenoxy) is 1. The Labute approximate surface area is 220 Å². The van der Waals surface area contributed by atoms with Crippen LogP contribution in [0.15, 0.2) is 12.7 Å². The molecule has 2 nitrogen and oxygen atoms in total. The standard InChI is InChI=1S/C23H43I3O2Si/c1-2-23(27)28-21-19-17-15-13-11-9-7-5-3-4-6-8-10-12-14-16-18-20-22-29(24,25)26/h2H,1,3-22H2. The monoisotopic (exact) mass is 760 g/mol. The second kappa shape index (κ2) is 22.8. The van der Waals surface area contributed by atoms with Crippen LogP contribution in [0.4, 0.5) is 0 Å². The molecule has 0 amide bonds. The molecule has 0 rings (SSSR count). The summed E-state index contributed by atoms with van der Waals surface area (Å²) in [5, 5.41) is 0. The number of rotatable bonds is 22. The van der Waals surface area contributed by atoms with Crippen LogP contribution >= 0.6 is 65.4 Å². The van der Waals surface area contributed by atoms with E-state index in [4.69, 9.17) is 4.74 Å². The minimum atomic E-state index is -0.881. The van der Waals surface area contributed by atoms with E-state index in [1.165, 1.54) is 121 Å². The first-order valence-corrected chi connectivity index (χ1v) is 23.4. The molecule has 0 aromatic heterocycles. The van der Waals surface area contributed by atoms with Gasteiger partial charge in [-0.1, -0.05) is 181 Å². The van der Waals surface area contributed by atoms with E-state index in [-0.39, 0.29) is 5.97 Å². The zero-order valence-corrected chi connectivity index (χ0v) is 25.8. The highest BCUT2D eigenvalue weighted by Crippen LogP contribution is 2.35. The molecule has 0 aromatic rings. The lowest BCUT2D eigenvalue weighted by molar-refractivity contribution is -0.137. The van der Waals surface area contributed by atoms with Gasteiger partial charge in [0.1, 0.15) is 0 Å². The predicted octanol–water partition coefficient (Wildman–Crippen LogP) is 9.98. The van der Waals surface area contributed by atoms with E-state index in [2.05, 4.69) is 72.0 Å². The number of hydrogen-bond acceptors (Lipinski definition) is 2. The third kappa shape index (κ3) is 27.6. The topological polar surface area (TPSA) is 26.3 Å². The quantitative estimate of drug-likeness (QED) is 0.0275. The van der Waals surface area contributed by atoms with Gasteiger partial charge in [-0.05, 0) is 12.5 Å². The van der Waals surface area contributed by atoms with Crippen LogP contribution in [0, 0.1) is 0 Å². The van der Waals surface area contributed by atoms with Crippen LogP contribution in [0.25, 0.3) is 0 Å². The molecule has 29 heavy (non-hydrogen) atoms. The Bertz CT molecular complexity index is 387. The molecule has 0 saturated carbocycles. The fraction of sp³-hybridized carbons (Fsp3) is 0.870. The van der Waals surface area contributed by atoms with Crippen molar-refractivity contribution in [3.63, 3.8) is 0 Å². The Hall–Kier alpha value is 1.62. The molecule has 0 unspecified atom stereocenters. The van der Waals surface area contributed by atoms with Crippen LogP contribution in [-0.4, -0.2) is 13.1 Å². The van der Waals surface area contributed by atoms with E-state index in [0.29, 0.717) is 6.61 Å². The molecule has 0 N–H and O–H groups in total. The number of carbonyl (C=O) groups excluding carboxylic acids is 1. The molecule has 0 radical (unpaired) electrons. The van der Waals surface area contributed by atoms with E-state index in [9.17, 15) is 4.79 Å². The van der Waals surface area contributed by atoms with E-state index < -0.39 is 0.564 Å². The fourth-order valence-electron chi connectivity index (χ4n) is 3.49. The lowest BCUT2D eigenvalue weighted by Gasteiger charge is -2.08. The molecule has 0 heterocycles. The van der Waals surface area contributed by atoms with Crippen LogP contribution in [0.1, 0.15) is 116 Å². The maximum Gasteiger partial charge on any atom is 0.330 e. The zero-order chi connectivity index (χ0) is 21.6. The van der Waals surface area contributed by atoms with Crippen molar-refractivity contribution < 1.29 is 9.53 Å². The number of carbonyl (C=O) groups is 1. The number of unbranched alkanes of at least 4 members (excludes halogenated alkanes) is 17. The highest BCUT2D eigenvalue weighted by Gasteiger charge is 2.19. The summed E-state index contributed by atoms with van der Waals surface area (Å²) in [5.74, 6) is -0.299. The predicted molar refractivity (Wildman–Crippen MR) is 157 cm³/mol. The van der Waals surface area contributed by atoms with Crippen LogP contribution in [0.5, 0.6) is 0 Å². The van der Waals surface area contributed by atoms with Gasteiger partial charge in [0.25, 0.3) is 0.564 Å². The number of hydrogen-bond donors (Lipinski definition) is 0. The van der Waals surface area contributed by atoms with E-state index in [1.807, 2.05) is 0 Å². The molecule has 0 aromatic carbocycles. The van der Waals surface area contributed by atoms with Gasteiger partial charge in [0.05, 0.1) is 6.61 Å². The summed E-state index contributed by atoms with van der Waals surface area (Å²) < 4.78 is 4.10. The van der Waals surface area contributed by atoms with Crippen molar-refractivity contribution in [2.45, 2.75) is 122 Å². The number of esters is 1. The molecule has 0 aliphatic rings. The van der Waals surface area contributed by atoms with E-state index >= 15 is 0 Å². The Morgan fingerprint density at radius 3 is 1.24 bits per heavy atom. The first-order valence-electron chi connectivity index (χ1n) is 11.8. The average Bonchev–Trinajstić information content (AvgIpc) is 2.68. The van der Waals surface area contributed by atoms with Crippen LogP contribution in [0.3, 0.4) is 0 Å². The summed E-state index contributed by atoms with van der Waals surface area (Å²) in [5.41, 5.74) is 0. The molecule has 0 spiro atoms.